The van der Waals surface area contributed by atoms with Crippen LogP contribution in [0.1, 0.15) is 24.9 Å². The summed E-state index contributed by atoms with van der Waals surface area (Å²) in [6.45, 7) is 8.62. The van der Waals surface area contributed by atoms with Crippen LogP contribution < -0.4 is 0 Å². The molecule has 1 aromatic rings. The van der Waals surface area contributed by atoms with E-state index in [2.05, 4.69) is 4.85 Å². The third-order valence-electron chi connectivity index (χ3n) is 2.10. The molecule has 5 heteroatoms. The SMILES string of the molecule is [C-]#[N+]C(CC)c1ccc([N+](=O)[O-])cc1F. The Kier molecular flexibility index (Phi) is 3.34. The largest absolute Gasteiger partial charge is 0.308 e. The van der Waals surface area contributed by atoms with E-state index in [1.165, 1.54) is 12.1 Å². The van der Waals surface area contributed by atoms with Gasteiger partial charge in [0.15, 0.2) is 0 Å². The van der Waals surface area contributed by atoms with Crippen molar-refractivity contribution in [3.63, 3.8) is 0 Å². The van der Waals surface area contributed by atoms with E-state index in [0.717, 1.165) is 6.07 Å². The Labute approximate surface area is 86.3 Å². The van der Waals surface area contributed by atoms with Crippen LogP contribution in [0.5, 0.6) is 0 Å². The lowest BCUT2D eigenvalue weighted by Crippen LogP contribution is -1.97. The van der Waals surface area contributed by atoms with E-state index in [0.29, 0.717) is 6.42 Å². The lowest BCUT2D eigenvalue weighted by atomic mass is 10.0. The Hall–Kier alpha value is -1.96. The van der Waals surface area contributed by atoms with Crippen LogP contribution in [0, 0.1) is 22.5 Å². The number of nitro benzene ring substituents is 1. The van der Waals surface area contributed by atoms with Crippen LogP contribution in [0.3, 0.4) is 0 Å². The zero-order valence-electron chi connectivity index (χ0n) is 8.11. The van der Waals surface area contributed by atoms with E-state index in [1.54, 1.807) is 6.92 Å². The van der Waals surface area contributed by atoms with E-state index < -0.39 is 16.8 Å². The third-order valence-corrected chi connectivity index (χ3v) is 2.10. The summed E-state index contributed by atoms with van der Waals surface area (Å²) in [6.07, 6.45) is 0.484. The van der Waals surface area contributed by atoms with E-state index >= 15 is 0 Å². The second-order valence-electron chi connectivity index (χ2n) is 3.02. The van der Waals surface area contributed by atoms with Crippen LogP contribution in [0.2, 0.25) is 0 Å². The second kappa shape index (κ2) is 4.51. The monoisotopic (exact) mass is 208 g/mol. The molecule has 0 radical (unpaired) electrons. The number of hydrogen-bond acceptors (Lipinski definition) is 2. The standard InChI is InChI=1S/C10H9FN2O2/c1-3-10(12-2)8-5-4-7(13(14)15)6-9(8)11/h4-6,10H,3H2,1H3. The van der Waals surface area contributed by atoms with E-state index in [-0.39, 0.29) is 11.3 Å². The fraction of sp³-hybridized carbons (Fsp3) is 0.300. The first-order chi connectivity index (χ1) is 7.10. The molecule has 0 spiro atoms. The Morgan fingerprint density at radius 3 is 2.73 bits per heavy atom. The maximum absolute atomic E-state index is 13.4. The molecule has 0 aliphatic rings. The Bertz CT molecular complexity index is 426. The maximum atomic E-state index is 13.4. The predicted molar refractivity (Wildman–Crippen MR) is 52.7 cm³/mol. The summed E-state index contributed by atoms with van der Waals surface area (Å²) in [5.41, 5.74) is -0.0748. The van der Waals surface area contributed by atoms with Crippen molar-refractivity contribution >= 4 is 5.69 Å². The van der Waals surface area contributed by atoms with Gasteiger partial charge in [-0.25, -0.2) is 11.0 Å². The average molecular weight is 208 g/mol. The fourth-order valence-corrected chi connectivity index (χ4v) is 1.28. The Morgan fingerprint density at radius 1 is 1.67 bits per heavy atom. The molecule has 0 heterocycles. The lowest BCUT2D eigenvalue weighted by Gasteiger charge is -2.03. The first-order valence-corrected chi connectivity index (χ1v) is 4.40. The smallest absolute Gasteiger partial charge is 0.272 e. The molecule has 4 nitrogen and oxygen atoms in total. The minimum absolute atomic E-state index is 0.220. The first kappa shape index (κ1) is 11.1. The molecule has 78 valence electrons. The van der Waals surface area contributed by atoms with Gasteiger partial charge in [-0.1, -0.05) is 6.92 Å². The summed E-state index contributed by atoms with van der Waals surface area (Å²) in [5.74, 6) is -0.688. The zero-order valence-corrected chi connectivity index (χ0v) is 8.11. The summed E-state index contributed by atoms with van der Waals surface area (Å²) in [5, 5.41) is 10.4. The predicted octanol–water partition coefficient (Wildman–Crippen LogP) is 3.10. The molecule has 0 aromatic heterocycles. The highest BCUT2D eigenvalue weighted by Crippen LogP contribution is 2.26. The van der Waals surface area contributed by atoms with Gasteiger partial charge in [0.05, 0.1) is 16.6 Å². The number of rotatable bonds is 3. The van der Waals surface area contributed by atoms with Gasteiger partial charge in [-0.2, -0.15) is 0 Å². The van der Waals surface area contributed by atoms with Gasteiger partial charge < -0.3 is 4.85 Å². The number of nitro groups is 1. The van der Waals surface area contributed by atoms with Gasteiger partial charge in [0.1, 0.15) is 5.82 Å². The summed E-state index contributed by atoms with van der Waals surface area (Å²) >= 11 is 0. The molecule has 0 amide bonds. The molecular formula is C10H9FN2O2. The Morgan fingerprint density at radius 2 is 2.33 bits per heavy atom. The average Bonchev–Trinajstić information content (AvgIpc) is 2.21. The molecule has 0 bridgehead atoms. The van der Waals surface area contributed by atoms with Crippen LogP contribution in [-0.2, 0) is 0 Å². The summed E-state index contributed by atoms with van der Waals surface area (Å²) in [4.78, 5) is 12.9. The van der Waals surface area contributed by atoms with Crippen LogP contribution in [0.15, 0.2) is 18.2 Å². The van der Waals surface area contributed by atoms with Crippen molar-refractivity contribution in [1.82, 2.24) is 0 Å². The lowest BCUT2D eigenvalue weighted by molar-refractivity contribution is -0.385. The van der Waals surface area contributed by atoms with Crippen molar-refractivity contribution in [2.75, 3.05) is 0 Å². The number of hydrogen-bond donors (Lipinski definition) is 0. The topological polar surface area (TPSA) is 47.5 Å². The van der Waals surface area contributed by atoms with Crippen LogP contribution in [0.25, 0.3) is 4.85 Å². The first-order valence-electron chi connectivity index (χ1n) is 4.40. The molecule has 1 aromatic carbocycles. The molecule has 0 N–H and O–H groups in total. The van der Waals surface area contributed by atoms with E-state index in [9.17, 15) is 14.5 Å². The van der Waals surface area contributed by atoms with Crippen molar-refractivity contribution in [3.8, 4) is 0 Å². The molecule has 1 unspecified atom stereocenters. The zero-order chi connectivity index (χ0) is 11.4. The van der Waals surface area contributed by atoms with Crippen molar-refractivity contribution in [3.05, 3.63) is 51.1 Å². The highest BCUT2D eigenvalue weighted by molar-refractivity contribution is 5.36. The Balaban J connectivity index is 3.14. The molecule has 1 rings (SSSR count). The third kappa shape index (κ3) is 2.29. The van der Waals surface area contributed by atoms with Crippen LogP contribution >= 0.6 is 0 Å². The molecule has 15 heavy (non-hydrogen) atoms. The summed E-state index contributed by atoms with van der Waals surface area (Å²) in [6, 6.07) is 2.81. The van der Waals surface area contributed by atoms with Gasteiger partial charge in [0, 0.05) is 12.5 Å². The number of benzene rings is 1. The van der Waals surface area contributed by atoms with E-state index in [1.807, 2.05) is 0 Å². The van der Waals surface area contributed by atoms with Gasteiger partial charge >= 0.3 is 0 Å². The highest BCUT2D eigenvalue weighted by atomic mass is 19.1. The number of halogens is 1. The number of non-ortho nitro benzene ring substituents is 1. The van der Waals surface area contributed by atoms with Crippen molar-refractivity contribution in [1.29, 1.82) is 0 Å². The number of nitrogens with zero attached hydrogens (tertiary/aromatic N) is 2. The molecule has 0 saturated heterocycles. The van der Waals surface area contributed by atoms with Crippen molar-refractivity contribution < 1.29 is 9.31 Å². The van der Waals surface area contributed by atoms with Crippen molar-refractivity contribution in [2.45, 2.75) is 19.4 Å². The minimum atomic E-state index is -0.688. The molecule has 0 aliphatic carbocycles. The van der Waals surface area contributed by atoms with Gasteiger partial charge in [0.2, 0.25) is 0 Å². The van der Waals surface area contributed by atoms with Crippen LogP contribution in [-0.4, -0.2) is 4.92 Å². The fourth-order valence-electron chi connectivity index (χ4n) is 1.28. The van der Waals surface area contributed by atoms with Gasteiger partial charge in [-0.3, -0.25) is 10.1 Å². The van der Waals surface area contributed by atoms with Gasteiger partial charge in [-0.15, -0.1) is 0 Å². The van der Waals surface area contributed by atoms with Crippen molar-refractivity contribution in [2.24, 2.45) is 0 Å². The van der Waals surface area contributed by atoms with E-state index in [4.69, 9.17) is 6.57 Å². The minimum Gasteiger partial charge on any atom is -0.308 e. The molecular weight excluding hydrogens is 199 g/mol. The molecule has 0 fully saturated rings. The summed E-state index contributed by atoms with van der Waals surface area (Å²) < 4.78 is 13.4. The summed E-state index contributed by atoms with van der Waals surface area (Å²) in [7, 11) is 0. The van der Waals surface area contributed by atoms with Crippen LogP contribution in [0.4, 0.5) is 10.1 Å². The van der Waals surface area contributed by atoms with Gasteiger partial charge in [-0.05, 0) is 6.07 Å². The molecule has 0 saturated carbocycles. The normalized spacial score (nSPS) is 11.8. The second-order valence-corrected chi connectivity index (χ2v) is 3.02. The quantitative estimate of drug-likeness (QED) is 0.435. The van der Waals surface area contributed by atoms with Gasteiger partial charge in [0.25, 0.3) is 11.7 Å². The molecule has 1 atom stereocenters. The molecule has 0 aliphatic heterocycles. The maximum Gasteiger partial charge on any atom is 0.272 e. The highest BCUT2D eigenvalue weighted by Gasteiger charge is 2.20.